The Morgan fingerprint density at radius 2 is 1.86 bits per heavy atom. The average molecular weight is 500 g/mol. The van der Waals surface area contributed by atoms with Crippen LogP contribution in [0.25, 0.3) is 16.6 Å². The summed E-state index contributed by atoms with van der Waals surface area (Å²) in [4.78, 5) is 23.6. The Morgan fingerprint density at radius 1 is 1.11 bits per heavy atom. The third kappa shape index (κ3) is 5.38. The number of benzene rings is 2. The van der Waals surface area contributed by atoms with Crippen molar-refractivity contribution in [1.29, 1.82) is 0 Å². The van der Waals surface area contributed by atoms with Gasteiger partial charge in [0.05, 0.1) is 17.0 Å². The van der Waals surface area contributed by atoms with Crippen LogP contribution >= 0.6 is 0 Å². The molecule has 6 rings (SSSR count). The van der Waals surface area contributed by atoms with E-state index in [-0.39, 0.29) is 17.8 Å². The largest absolute Gasteiger partial charge is 0.458 e. The van der Waals surface area contributed by atoms with Crippen molar-refractivity contribution in [1.82, 2.24) is 14.9 Å². The fraction of sp³-hybridized carbons (Fsp3) is 0.500. The molecule has 0 radical (unpaired) electrons. The summed E-state index contributed by atoms with van der Waals surface area (Å²) >= 11 is 0. The SMILES string of the molecule is CC1=C(c2ccccc2)[C@@H]2CC[C@H]1C[C@@]2(CCN(C)CCCc1nc2ccccc2[nH]1)OC(=O)C(C)C. The summed E-state index contributed by atoms with van der Waals surface area (Å²) in [6.07, 6.45) is 6.07. The molecule has 0 unspecified atom stereocenters. The zero-order valence-corrected chi connectivity index (χ0v) is 22.8. The molecule has 2 bridgehead atoms. The molecule has 37 heavy (non-hydrogen) atoms. The Kier molecular flexibility index (Phi) is 7.52. The first-order valence-corrected chi connectivity index (χ1v) is 14.0. The zero-order chi connectivity index (χ0) is 26.0. The van der Waals surface area contributed by atoms with E-state index in [2.05, 4.69) is 66.3 Å². The molecule has 3 aliphatic carbocycles. The maximum Gasteiger partial charge on any atom is 0.308 e. The van der Waals surface area contributed by atoms with Crippen LogP contribution in [0.5, 0.6) is 0 Å². The Hall–Kier alpha value is -2.92. The molecule has 0 spiro atoms. The maximum absolute atomic E-state index is 13.0. The van der Waals surface area contributed by atoms with Gasteiger partial charge >= 0.3 is 5.97 Å². The minimum absolute atomic E-state index is 0.0647. The fourth-order valence-corrected chi connectivity index (χ4v) is 6.50. The molecular formula is C32H41N3O2. The summed E-state index contributed by atoms with van der Waals surface area (Å²) in [6, 6.07) is 19.0. The lowest BCUT2D eigenvalue weighted by molar-refractivity contribution is -0.176. The number of aryl methyl sites for hydroxylation is 1. The quantitative estimate of drug-likeness (QED) is 0.317. The van der Waals surface area contributed by atoms with E-state index >= 15 is 0 Å². The highest BCUT2D eigenvalue weighted by molar-refractivity contribution is 5.76. The topological polar surface area (TPSA) is 58.2 Å². The van der Waals surface area contributed by atoms with Crippen LogP contribution in [0.3, 0.4) is 0 Å². The summed E-state index contributed by atoms with van der Waals surface area (Å²) < 4.78 is 6.52. The molecule has 1 heterocycles. The molecule has 5 nitrogen and oxygen atoms in total. The second-order valence-corrected chi connectivity index (χ2v) is 11.5. The summed E-state index contributed by atoms with van der Waals surface area (Å²) in [7, 11) is 2.19. The van der Waals surface area contributed by atoms with Crippen LogP contribution in [0.2, 0.25) is 0 Å². The molecule has 1 fully saturated rings. The van der Waals surface area contributed by atoms with Gasteiger partial charge in [-0.25, -0.2) is 4.98 Å². The Morgan fingerprint density at radius 3 is 2.62 bits per heavy atom. The molecule has 0 amide bonds. The van der Waals surface area contributed by atoms with Crippen molar-refractivity contribution < 1.29 is 9.53 Å². The molecule has 1 aromatic heterocycles. The number of hydrogen-bond acceptors (Lipinski definition) is 4. The number of para-hydroxylation sites is 2. The molecule has 3 aromatic rings. The number of carbonyl (C=O) groups is 1. The van der Waals surface area contributed by atoms with E-state index in [9.17, 15) is 4.79 Å². The number of H-pyrrole nitrogens is 1. The summed E-state index contributed by atoms with van der Waals surface area (Å²) in [5.74, 6) is 1.61. The van der Waals surface area contributed by atoms with Crippen LogP contribution < -0.4 is 0 Å². The normalized spacial score (nSPS) is 23.4. The summed E-state index contributed by atoms with van der Waals surface area (Å²) in [5, 5.41) is 0. The van der Waals surface area contributed by atoms with Crippen molar-refractivity contribution in [2.24, 2.45) is 17.8 Å². The molecule has 3 atom stereocenters. The van der Waals surface area contributed by atoms with Gasteiger partial charge in [-0.15, -0.1) is 0 Å². The van der Waals surface area contributed by atoms with Gasteiger partial charge in [-0.3, -0.25) is 4.79 Å². The minimum Gasteiger partial charge on any atom is -0.458 e. The standard InChI is InChI=1S/C32H41N3O2/c1-22(2)31(36)37-32(21-25-16-17-26(32)30(23(25)3)24-11-6-5-7-12-24)18-20-35(4)19-10-15-29-33-27-13-8-9-14-28(27)34-29/h5-9,11-14,22,25-26H,10,15-21H2,1-4H3,(H,33,34)/t25-,26-,32+/m0/s1. The smallest absolute Gasteiger partial charge is 0.308 e. The van der Waals surface area contributed by atoms with Crippen molar-refractivity contribution in [3.63, 3.8) is 0 Å². The Balaban J connectivity index is 1.28. The number of aromatic amines is 1. The lowest BCUT2D eigenvalue weighted by atomic mass is 9.57. The lowest BCUT2D eigenvalue weighted by Crippen LogP contribution is -2.53. The zero-order valence-electron chi connectivity index (χ0n) is 22.8. The van der Waals surface area contributed by atoms with E-state index in [1.807, 2.05) is 26.0 Å². The first-order valence-electron chi connectivity index (χ1n) is 14.0. The highest BCUT2D eigenvalue weighted by Crippen LogP contribution is 2.56. The fourth-order valence-electron chi connectivity index (χ4n) is 6.50. The molecule has 2 aromatic carbocycles. The van der Waals surface area contributed by atoms with E-state index in [0.29, 0.717) is 5.92 Å². The van der Waals surface area contributed by atoms with E-state index in [1.54, 1.807) is 0 Å². The van der Waals surface area contributed by atoms with Crippen molar-refractivity contribution >= 4 is 22.6 Å². The van der Waals surface area contributed by atoms with Gasteiger partial charge in [0.1, 0.15) is 11.4 Å². The molecule has 0 saturated heterocycles. The van der Waals surface area contributed by atoms with Gasteiger partial charge in [0.25, 0.3) is 0 Å². The van der Waals surface area contributed by atoms with E-state index < -0.39 is 5.60 Å². The van der Waals surface area contributed by atoms with Gasteiger partial charge in [0, 0.05) is 25.3 Å². The molecule has 196 valence electrons. The van der Waals surface area contributed by atoms with Crippen molar-refractivity contribution in [2.75, 3.05) is 20.1 Å². The van der Waals surface area contributed by atoms with Gasteiger partial charge in [-0.2, -0.15) is 0 Å². The first-order chi connectivity index (χ1) is 17.9. The predicted molar refractivity (Wildman–Crippen MR) is 150 cm³/mol. The number of rotatable bonds is 10. The Bertz CT molecular complexity index is 1230. The third-order valence-corrected chi connectivity index (χ3v) is 8.59. The molecule has 5 heteroatoms. The summed E-state index contributed by atoms with van der Waals surface area (Å²) in [6.45, 7) is 8.09. The van der Waals surface area contributed by atoms with Gasteiger partial charge in [0.2, 0.25) is 0 Å². The van der Waals surface area contributed by atoms with E-state index in [1.165, 1.54) is 23.1 Å². The first kappa shape index (κ1) is 25.7. The second-order valence-electron chi connectivity index (χ2n) is 11.5. The number of esters is 1. The number of carbonyl (C=O) groups excluding carboxylic acids is 1. The number of allylic oxidation sites excluding steroid dienone is 1. The predicted octanol–water partition coefficient (Wildman–Crippen LogP) is 6.66. The van der Waals surface area contributed by atoms with Crippen molar-refractivity contribution in [3.05, 3.63) is 71.6 Å². The van der Waals surface area contributed by atoms with Gasteiger partial charge < -0.3 is 14.6 Å². The third-order valence-electron chi connectivity index (χ3n) is 8.59. The number of nitrogens with one attached hydrogen (secondary N) is 1. The average Bonchev–Trinajstić information content (AvgIpc) is 3.32. The van der Waals surface area contributed by atoms with Crippen LogP contribution in [0.4, 0.5) is 0 Å². The molecule has 1 N–H and O–H groups in total. The molecule has 1 saturated carbocycles. The maximum atomic E-state index is 13.0. The van der Waals surface area contributed by atoms with Gasteiger partial charge in [-0.05, 0) is 75.4 Å². The van der Waals surface area contributed by atoms with Crippen molar-refractivity contribution in [2.45, 2.75) is 64.9 Å². The summed E-state index contributed by atoms with van der Waals surface area (Å²) in [5.41, 5.74) is 5.92. The van der Waals surface area contributed by atoms with Crippen LogP contribution in [0.15, 0.2) is 60.2 Å². The van der Waals surface area contributed by atoms with E-state index in [0.717, 1.165) is 62.1 Å². The number of nitrogens with zero attached hydrogens (tertiary/aromatic N) is 2. The second kappa shape index (κ2) is 10.8. The monoisotopic (exact) mass is 499 g/mol. The minimum atomic E-state index is -0.429. The molecule has 3 aliphatic rings. The number of aromatic nitrogens is 2. The van der Waals surface area contributed by atoms with E-state index in [4.69, 9.17) is 9.72 Å². The molecular weight excluding hydrogens is 458 g/mol. The number of imidazole rings is 1. The lowest BCUT2D eigenvalue weighted by Gasteiger charge is -2.53. The number of ether oxygens (including phenoxy) is 1. The van der Waals surface area contributed by atoms with Crippen LogP contribution in [0, 0.1) is 17.8 Å². The molecule has 0 aliphatic heterocycles. The number of fused-ring (bicyclic) bond motifs is 3. The highest BCUT2D eigenvalue weighted by Gasteiger charge is 2.53. The van der Waals surface area contributed by atoms with Crippen molar-refractivity contribution in [3.8, 4) is 0 Å². The highest BCUT2D eigenvalue weighted by atomic mass is 16.6. The van der Waals surface area contributed by atoms with Crippen LogP contribution in [-0.4, -0.2) is 46.6 Å². The Labute approximate surface area is 221 Å². The van der Waals surface area contributed by atoms with Crippen LogP contribution in [0.1, 0.15) is 64.3 Å². The van der Waals surface area contributed by atoms with Crippen LogP contribution in [-0.2, 0) is 16.0 Å². The van der Waals surface area contributed by atoms with Gasteiger partial charge in [-0.1, -0.05) is 61.9 Å². The number of hydrogen-bond donors (Lipinski definition) is 1. The van der Waals surface area contributed by atoms with Gasteiger partial charge in [0.15, 0.2) is 0 Å².